The van der Waals surface area contributed by atoms with Gasteiger partial charge < -0.3 is 4.74 Å². The van der Waals surface area contributed by atoms with Crippen LogP contribution in [0.2, 0.25) is 0 Å². The number of nitrogens with zero attached hydrogens (tertiary/aromatic N) is 4. The van der Waals surface area contributed by atoms with E-state index in [4.69, 9.17) is 4.74 Å². The minimum absolute atomic E-state index is 0.263. The first-order valence-electron chi connectivity index (χ1n) is 4.67. The number of carbonyl (C=O) groups is 1. The summed E-state index contributed by atoms with van der Waals surface area (Å²) in [6, 6.07) is 0. The zero-order valence-corrected chi connectivity index (χ0v) is 9.48. The van der Waals surface area contributed by atoms with Crippen molar-refractivity contribution in [3.8, 4) is 0 Å². The number of carbonyl (C=O) groups excluding carboxylic acids is 1. The number of ether oxygens (including phenoxy) is 1. The summed E-state index contributed by atoms with van der Waals surface area (Å²) < 4.78 is 6.63. The molecule has 2 aromatic heterocycles. The Kier molecular flexibility index (Phi) is 3.25. The minimum Gasteiger partial charge on any atom is -0.459 e. The predicted molar refractivity (Wildman–Crippen MR) is 57.2 cm³/mol. The fourth-order valence-electron chi connectivity index (χ4n) is 1.11. The third kappa shape index (κ3) is 2.63. The van der Waals surface area contributed by atoms with Crippen LogP contribution in [-0.4, -0.2) is 32.3 Å². The molecule has 0 bridgehead atoms. The van der Waals surface area contributed by atoms with Gasteiger partial charge in [-0.05, 0) is 6.92 Å². The summed E-state index contributed by atoms with van der Waals surface area (Å²) in [5.41, 5.74) is 0.362. The molecule has 84 valence electrons. The lowest BCUT2D eigenvalue weighted by atomic mass is 10.5. The quantitative estimate of drug-likeness (QED) is 0.740. The predicted octanol–water partition coefficient (Wildman–Crippen LogP) is 0.900. The maximum atomic E-state index is 11.5. The molecule has 0 radical (unpaired) electrons. The van der Waals surface area contributed by atoms with E-state index in [-0.39, 0.29) is 6.61 Å². The SMILES string of the molecule is Cc1nc(C(=O)OCCn2cncn2)cs1. The molecule has 0 aromatic carbocycles. The summed E-state index contributed by atoms with van der Waals surface area (Å²) in [6.45, 7) is 2.60. The molecule has 2 aromatic rings. The highest BCUT2D eigenvalue weighted by Gasteiger charge is 2.10. The highest BCUT2D eigenvalue weighted by Crippen LogP contribution is 2.08. The second kappa shape index (κ2) is 4.84. The molecule has 0 saturated carbocycles. The van der Waals surface area contributed by atoms with Gasteiger partial charge in [0.05, 0.1) is 11.6 Å². The first-order valence-corrected chi connectivity index (χ1v) is 5.55. The van der Waals surface area contributed by atoms with E-state index in [1.165, 1.54) is 17.7 Å². The number of aryl methyl sites for hydroxylation is 1. The fourth-order valence-corrected chi connectivity index (χ4v) is 1.69. The third-order valence-electron chi connectivity index (χ3n) is 1.85. The highest BCUT2D eigenvalue weighted by molar-refractivity contribution is 7.09. The highest BCUT2D eigenvalue weighted by atomic mass is 32.1. The smallest absolute Gasteiger partial charge is 0.357 e. The summed E-state index contributed by atoms with van der Waals surface area (Å²) in [4.78, 5) is 19.3. The summed E-state index contributed by atoms with van der Waals surface area (Å²) in [5.74, 6) is -0.399. The summed E-state index contributed by atoms with van der Waals surface area (Å²) in [7, 11) is 0. The molecule has 2 heterocycles. The van der Waals surface area contributed by atoms with Gasteiger partial charge in [-0.15, -0.1) is 11.3 Å². The van der Waals surface area contributed by atoms with Crippen LogP contribution in [0.4, 0.5) is 0 Å². The molecule has 0 unspecified atom stereocenters. The van der Waals surface area contributed by atoms with Crippen LogP contribution in [-0.2, 0) is 11.3 Å². The van der Waals surface area contributed by atoms with Crippen LogP contribution in [0.1, 0.15) is 15.5 Å². The Hall–Kier alpha value is -1.76. The van der Waals surface area contributed by atoms with Crippen LogP contribution in [0.25, 0.3) is 0 Å². The van der Waals surface area contributed by atoms with Crippen molar-refractivity contribution in [1.29, 1.82) is 0 Å². The molecule has 6 nitrogen and oxygen atoms in total. The lowest BCUT2D eigenvalue weighted by Gasteiger charge is -2.02. The number of thiazole rings is 1. The molecule has 0 aliphatic carbocycles. The van der Waals surface area contributed by atoms with Gasteiger partial charge in [0.1, 0.15) is 19.3 Å². The summed E-state index contributed by atoms with van der Waals surface area (Å²) in [5, 5.41) is 6.43. The Morgan fingerprint density at radius 3 is 3.12 bits per heavy atom. The van der Waals surface area contributed by atoms with Crippen molar-refractivity contribution in [3.05, 3.63) is 28.7 Å². The van der Waals surface area contributed by atoms with Crippen molar-refractivity contribution in [1.82, 2.24) is 19.7 Å². The number of aromatic nitrogens is 4. The zero-order chi connectivity index (χ0) is 11.4. The van der Waals surface area contributed by atoms with E-state index >= 15 is 0 Å². The van der Waals surface area contributed by atoms with E-state index < -0.39 is 5.97 Å². The molecular formula is C9H10N4O2S. The molecule has 0 fully saturated rings. The Morgan fingerprint density at radius 1 is 1.62 bits per heavy atom. The van der Waals surface area contributed by atoms with E-state index in [1.807, 2.05) is 6.92 Å². The Bertz CT molecular complexity index is 466. The first kappa shape index (κ1) is 10.7. The number of rotatable bonds is 4. The number of hydrogen-bond acceptors (Lipinski definition) is 6. The number of hydrogen-bond donors (Lipinski definition) is 0. The maximum Gasteiger partial charge on any atom is 0.357 e. The molecule has 0 saturated heterocycles. The van der Waals surface area contributed by atoms with Gasteiger partial charge in [0, 0.05) is 5.38 Å². The van der Waals surface area contributed by atoms with Crippen LogP contribution >= 0.6 is 11.3 Å². The van der Waals surface area contributed by atoms with Crippen molar-refractivity contribution in [2.75, 3.05) is 6.61 Å². The average Bonchev–Trinajstić information content (AvgIpc) is 2.89. The second-order valence-electron chi connectivity index (χ2n) is 3.05. The van der Waals surface area contributed by atoms with Crippen molar-refractivity contribution >= 4 is 17.3 Å². The molecule has 0 atom stereocenters. The van der Waals surface area contributed by atoms with E-state index in [9.17, 15) is 4.79 Å². The second-order valence-corrected chi connectivity index (χ2v) is 4.11. The Morgan fingerprint density at radius 2 is 2.50 bits per heavy atom. The zero-order valence-electron chi connectivity index (χ0n) is 8.66. The summed E-state index contributed by atoms with van der Waals surface area (Å²) in [6.07, 6.45) is 3.01. The van der Waals surface area contributed by atoms with Crippen molar-refractivity contribution in [2.45, 2.75) is 13.5 Å². The third-order valence-corrected chi connectivity index (χ3v) is 2.62. The van der Waals surface area contributed by atoms with E-state index in [1.54, 1.807) is 16.4 Å². The van der Waals surface area contributed by atoms with Gasteiger partial charge in [-0.2, -0.15) is 5.10 Å². The van der Waals surface area contributed by atoms with E-state index in [0.717, 1.165) is 5.01 Å². The maximum absolute atomic E-state index is 11.5. The van der Waals surface area contributed by atoms with Gasteiger partial charge in [0.25, 0.3) is 0 Å². The van der Waals surface area contributed by atoms with Crippen molar-refractivity contribution < 1.29 is 9.53 Å². The lowest BCUT2D eigenvalue weighted by Crippen LogP contribution is -2.12. The van der Waals surface area contributed by atoms with Gasteiger partial charge in [-0.25, -0.2) is 19.4 Å². The van der Waals surface area contributed by atoms with Crippen molar-refractivity contribution in [3.63, 3.8) is 0 Å². The van der Waals surface area contributed by atoms with Crippen LogP contribution in [0.15, 0.2) is 18.0 Å². The molecule has 0 spiro atoms. The van der Waals surface area contributed by atoms with E-state index in [2.05, 4.69) is 15.1 Å². The molecule has 7 heteroatoms. The van der Waals surface area contributed by atoms with Gasteiger partial charge in [0.2, 0.25) is 0 Å². The number of esters is 1. The molecule has 0 aliphatic heterocycles. The molecule has 16 heavy (non-hydrogen) atoms. The molecule has 0 N–H and O–H groups in total. The van der Waals surface area contributed by atoms with Gasteiger partial charge in [-0.1, -0.05) is 0 Å². The van der Waals surface area contributed by atoms with Crippen LogP contribution in [0.3, 0.4) is 0 Å². The standard InChI is InChI=1S/C9H10N4O2S/c1-7-12-8(4-16-7)9(14)15-3-2-13-6-10-5-11-13/h4-6H,2-3H2,1H3. The normalized spacial score (nSPS) is 10.3. The summed E-state index contributed by atoms with van der Waals surface area (Å²) >= 11 is 1.42. The fraction of sp³-hybridized carbons (Fsp3) is 0.333. The van der Waals surface area contributed by atoms with Crippen LogP contribution in [0.5, 0.6) is 0 Å². The molecule has 2 rings (SSSR count). The van der Waals surface area contributed by atoms with E-state index in [0.29, 0.717) is 12.2 Å². The Labute approximate surface area is 95.9 Å². The van der Waals surface area contributed by atoms with Gasteiger partial charge in [-0.3, -0.25) is 0 Å². The minimum atomic E-state index is -0.399. The van der Waals surface area contributed by atoms with Gasteiger partial charge in [0.15, 0.2) is 5.69 Å². The average molecular weight is 238 g/mol. The Balaban J connectivity index is 1.80. The first-order chi connectivity index (χ1) is 7.75. The van der Waals surface area contributed by atoms with Crippen molar-refractivity contribution in [2.24, 2.45) is 0 Å². The lowest BCUT2D eigenvalue weighted by molar-refractivity contribution is 0.0481. The molecule has 0 amide bonds. The van der Waals surface area contributed by atoms with Crippen LogP contribution in [0, 0.1) is 6.92 Å². The largest absolute Gasteiger partial charge is 0.459 e. The molecule has 0 aliphatic rings. The monoisotopic (exact) mass is 238 g/mol. The van der Waals surface area contributed by atoms with Crippen LogP contribution < -0.4 is 0 Å². The van der Waals surface area contributed by atoms with Gasteiger partial charge >= 0.3 is 5.97 Å². The topological polar surface area (TPSA) is 69.9 Å². The molecular weight excluding hydrogens is 228 g/mol.